The van der Waals surface area contributed by atoms with Crippen LogP contribution in [0.3, 0.4) is 0 Å². The lowest BCUT2D eigenvalue weighted by Crippen LogP contribution is -2.31. The molecule has 0 heterocycles. The average Bonchev–Trinajstić information content (AvgIpc) is 2.45. The first-order valence-electron chi connectivity index (χ1n) is 6.55. The fourth-order valence-corrected chi connectivity index (χ4v) is 2.26. The van der Waals surface area contributed by atoms with Gasteiger partial charge in [-0.1, -0.05) is 19.9 Å². The van der Waals surface area contributed by atoms with Gasteiger partial charge in [0.15, 0.2) is 0 Å². The molecule has 0 amide bonds. The summed E-state index contributed by atoms with van der Waals surface area (Å²) in [6, 6.07) is 5.99. The monoisotopic (exact) mass is 251 g/mol. The summed E-state index contributed by atoms with van der Waals surface area (Å²) in [5, 5.41) is 0. The number of benzene rings is 1. The van der Waals surface area contributed by atoms with Gasteiger partial charge in [0.25, 0.3) is 0 Å². The normalized spacial score (nSPS) is 11.4. The summed E-state index contributed by atoms with van der Waals surface area (Å²) in [6.07, 6.45) is 3.11. The summed E-state index contributed by atoms with van der Waals surface area (Å²) >= 11 is 0. The Balaban J connectivity index is 3.02. The van der Waals surface area contributed by atoms with E-state index in [2.05, 4.69) is 19.9 Å². The van der Waals surface area contributed by atoms with Gasteiger partial charge in [-0.15, -0.1) is 0 Å². The molecule has 1 aromatic carbocycles. The molecule has 0 unspecified atom stereocenters. The van der Waals surface area contributed by atoms with Crippen molar-refractivity contribution in [1.29, 1.82) is 0 Å². The van der Waals surface area contributed by atoms with Gasteiger partial charge in [0, 0.05) is 6.07 Å². The minimum absolute atomic E-state index is 0.169. The molecule has 0 aliphatic rings. The van der Waals surface area contributed by atoms with Crippen LogP contribution in [0.2, 0.25) is 0 Å². The second kappa shape index (κ2) is 6.64. The van der Waals surface area contributed by atoms with Crippen LogP contribution in [0.15, 0.2) is 18.2 Å². The van der Waals surface area contributed by atoms with E-state index < -0.39 is 0 Å². The predicted molar refractivity (Wildman–Crippen MR) is 75.3 cm³/mol. The molecule has 2 N–H and O–H groups in total. The topological polar surface area (TPSA) is 44.5 Å². The standard InChI is InChI=1S/C15H25NO2/c1-5-15(6-2,11-16)10-12-7-8-13(17-3)9-14(12)18-4/h7-9H,5-6,10-11,16H2,1-4H3. The van der Waals surface area contributed by atoms with Crippen LogP contribution >= 0.6 is 0 Å². The molecule has 0 spiro atoms. The Morgan fingerprint density at radius 1 is 1.11 bits per heavy atom. The lowest BCUT2D eigenvalue weighted by molar-refractivity contribution is 0.266. The molecule has 0 saturated heterocycles. The zero-order valence-corrected chi connectivity index (χ0v) is 12.0. The van der Waals surface area contributed by atoms with E-state index in [1.807, 2.05) is 12.1 Å². The van der Waals surface area contributed by atoms with E-state index in [1.165, 1.54) is 5.56 Å². The third-order valence-corrected chi connectivity index (χ3v) is 3.99. The highest BCUT2D eigenvalue weighted by Gasteiger charge is 2.26. The lowest BCUT2D eigenvalue weighted by atomic mass is 9.77. The van der Waals surface area contributed by atoms with Crippen molar-refractivity contribution >= 4 is 0 Å². The first kappa shape index (κ1) is 14.8. The van der Waals surface area contributed by atoms with Crippen molar-refractivity contribution in [3.63, 3.8) is 0 Å². The van der Waals surface area contributed by atoms with Crippen LogP contribution in [0.1, 0.15) is 32.3 Å². The maximum absolute atomic E-state index is 5.96. The summed E-state index contributed by atoms with van der Waals surface area (Å²) < 4.78 is 10.7. The summed E-state index contributed by atoms with van der Waals surface area (Å²) in [5.41, 5.74) is 7.33. The van der Waals surface area contributed by atoms with Gasteiger partial charge in [-0.3, -0.25) is 0 Å². The van der Waals surface area contributed by atoms with Crippen molar-refractivity contribution in [2.45, 2.75) is 33.1 Å². The largest absolute Gasteiger partial charge is 0.497 e. The van der Waals surface area contributed by atoms with E-state index in [0.29, 0.717) is 6.54 Å². The van der Waals surface area contributed by atoms with Crippen molar-refractivity contribution in [2.24, 2.45) is 11.1 Å². The van der Waals surface area contributed by atoms with Gasteiger partial charge in [0.1, 0.15) is 11.5 Å². The fourth-order valence-electron chi connectivity index (χ4n) is 2.26. The van der Waals surface area contributed by atoms with Gasteiger partial charge >= 0.3 is 0 Å². The number of methoxy groups -OCH3 is 2. The average molecular weight is 251 g/mol. The molecule has 1 rings (SSSR count). The molecule has 0 fully saturated rings. The number of hydrogen-bond donors (Lipinski definition) is 1. The number of nitrogens with two attached hydrogens (primary N) is 1. The predicted octanol–water partition coefficient (Wildman–Crippen LogP) is 3.01. The van der Waals surface area contributed by atoms with E-state index in [9.17, 15) is 0 Å². The van der Waals surface area contributed by atoms with Gasteiger partial charge in [-0.25, -0.2) is 0 Å². The fraction of sp³-hybridized carbons (Fsp3) is 0.600. The van der Waals surface area contributed by atoms with Gasteiger partial charge in [0.2, 0.25) is 0 Å². The lowest BCUT2D eigenvalue weighted by Gasteiger charge is -2.30. The zero-order chi connectivity index (χ0) is 13.6. The van der Waals surface area contributed by atoms with Gasteiger partial charge in [0.05, 0.1) is 14.2 Å². The number of ether oxygens (including phenoxy) is 2. The van der Waals surface area contributed by atoms with E-state index in [0.717, 1.165) is 30.8 Å². The Morgan fingerprint density at radius 2 is 1.78 bits per heavy atom. The molecule has 0 aliphatic carbocycles. The molecule has 3 heteroatoms. The van der Waals surface area contributed by atoms with Crippen molar-refractivity contribution in [3.05, 3.63) is 23.8 Å². The first-order valence-corrected chi connectivity index (χ1v) is 6.55. The highest BCUT2D eigenvalue weighted by atomic mass is 16.5. The minimum atomic E-state index is 0.169. The Kier molecular flexibility index (Phi) is 5.48. The van der Waals surface area contributed by atoms with Crippen molar-refractivity contribution < 1.29 is 9.47 Å². The SMILES string of the molecule is CCC(CC)(CN)Cc1ccc(OC)cc1OC. The Hall–Kier alpha value is -1.22. The Morgan fingerprint density at radius 3 is 2.22 bits per heavy atom. The molecule has 1 aromatic rings. The van der Waals surface area contributed by atoms with Crippen LogP contribution in [0, 0.1) is 5.41 Å². The summed E-state index contributed by atoms with van der Waals surface area (Å²) in [4.78, 5) is 0. The van der Waals surface area contributed by atoms with Gasteiger partial charge in [-0.2, -0.15) is 0 Å². The minimum Gasteiger partial charge on any atom is -0.497 e. The molecule has 0 radical (unpaired) electrons. The van der Waals surface area contributed by atoms with Gasteiger partial charge in [-0.05, 0) is 42.9 Å². The molecule has 18 heavy (non-hydrogen) atoms. The molecule has 102 valence electrons. The maximum atomic E-state index is 5.96. The number of hydrogen-bond acceptors (Lipinski definition) is 3. The van der Waals surface area contributed by atoms with Crippen LogP contribution in [0.5, 0.6) is 11.5 Å². The maximum Gasteiger partial charge on any atom is 0.125 e. The Labute approximate surface area is 110 Å². The zero-order valence-electron chi connectivity index (χ0n) is 12.0. The smallest absolute Gasteiger partial charge is 0.125 e. The molecule has 3 nitrogen and oxygen atoms in total. The van der Waals surface area contributed by atoms with Crippen molar-refractivity contribution in [3.8, 4) is 11.5 Å². The highest BCUT2D eigenvalue weighted by Crippen LogP contribution is 2.34. The summed E-state index contributed by atoms with van der Waals surface area (Å²) in [5.74, 6) is 1.70. The van der Waals surface area contributed by atoms with Gasteiger partial charge < -0.3 is 15.2 Å². The number of rotatable bonds is 7. The summed E-state index contributed by atoms with van der Waals surface area (Å²) in [6.45, 7) is 5.11. The van der Waals surface area contributed by atoms with Crippen molar-refractivity contribution in [1.82, 2.24) is 0 Å². The molecular formula is C15H25NO2. The van der Waals surface area contributed by atoms with Crippen LogP contribution in [0.4, 0.5) is 0 Å². The van der Waals surface area contributed by atoms with Crippen molar-refractivity contribution in [2.75, 3.05) is 20.8 Å². The second-order valence-corrected chi connectivity index (χ2v) is 4.77. The molecule has 0 saturated carbocycles. The molecule has 0 aromatic heterocycles. The van der Waals surface area contributed by atoms with E-state index in [1.54, 1.807) is 14.2 Å². The van der Waals surface area contributed by atoms with E-state index in [-0.39, 0.29) is 5.41 Å². The quantitative estimate of drug-likeness (QED) is 0.810. The van der Waals surface area contributed by atoms with Crippen LogP contribution in [0.25, 0.3) is 0 Å². The van der Waals surface area contributed by atoms with Crippen LogP contribution in [-0.2, 0) is 6.42 Å². The second-order valence-electron chi connectivity index (χ2n) is 4.77. The molecule has 0 atom stereocenters. The third kappa shape index (κ3) is 3.16. The Bertz CT molecular complexity index is 364. The van der Waals surface area contributed by atoms with Crippen LogP contribution in [-0.4, -0.2) is 20.8 Å². The molecule has 0 bridgehead atoms. The first-order chi connectivity index (χ1) is 8.64. The summed E-state index contributed by atoms with van der Waals surface area (Å²) in [7, 11) is 3.36. The highest BCUT2D eigenvalue weighted by molar-refractivity contribution is 5.41. The molecule has 0 aliphatic heterocycles. The van der Waals surface area contributed by atoms with E-state index in [4.69, 9.17) is 15.2 Å². The van der Waals surface area contributed by atoms with Crippen LogP contribution < -0.4 is 15.2 Å². The van der Waals surface area contributed by atoms with E-state index >= 15 is 0 Å². The molecular weight excluding hydrogens is 226 g/mol. The third-order valence-electron chi connectivity index (χ3n) is 3.99.